The Bertz CT molecular complexity index is 266. The SMILES string of the molecule is CC/N=C/c1cccc(CC)n1. The quantitative estimate of drug-likeness (QED) is 0.625. The third-order valence-corrected chi connectivity index (χ3v) is 1.60. The molecule has 0 fully saturated rings. The maximum absolute atomic E-state index is 4.38. The van der Waals surface area contributed by atoms with E-state index in [9.17, 15) is 0 Å². The van der Waals surface area contributed by atoms with Gasteiger partial charge in [0, 0.05) is 18.5 Å². The second kappa shape index (κ2) is 4.65. The lowest BCUT2D eigenvalue weighted by atomic mass is 10.2. The minimum Gasteiger partial charge on any atom is -0.291 e. The summed E-state index contributed by atoms with van der Waals surface area (Å²) in [6.07, 6.45) is 2.80. The first-order valence-corrected chi connectivity index (χ1v) is 4.32. The number of nitrogens with zero attached hydrogens (tertiary/aromatic N) is 2. The summed E-state index contributed by atoms with van der Waals surface area (Å²) in [5.41, 5.74) is 2.08. The van der Waals surface area contributed by atoms with E-state index in [1.165, 1.54) is 0 Å². The minimum atomic E-state index is 0.817. The highest BCUT2D eigenvalue weighted by Crippen LogP contribution is 1.97. The first-order chi connectivity index (χ1) is 5.86. The third-order valence-electron chi connectivity index (χ3n) is 1.60. The predicted molar refractivity (Wildman–Crippen MR) is 51.8 cm³/mol. The number of aliphatic imine (C=N–C) groups is 1. The van der Waals surface area contributed by atoms with Gasteiger partial charge in [-0.2, -0.15) is 0 Å². The summed E-state index contributed by atoms with van der Waals surface area (Å²) in [5.74, 6) is 0. The van der Waals surface area contributed by atoms with Crippen molar-refractivity contribution in [2.75, 3.05) is 6.54 Å². The number of rotatable bonds is 3. The van der Waals surface area contributed by atoms with Gasteiger partial charge in [-0.3, -0.25) is 9.98 Å². The van der Waals surface area contributed by atoms with Crippen LogP contribution in [0.15, 0.2) is 23.2 Å². The van der Waals surface area contributed by atoms with Crippen LogP contribution in [-0.4, -0.2) is 17.7 Å². The average molecular weight is 162 g/mol. The zero-order chi connectivity index (χ0) is 8.81. The van der Waals surface area contributed by atoms with Crippen molar-refractivity contribution in [2.45, 2.75) is 20.3 Å². The Morgan fingerprint density at radius 2 is 2.25 bits per heavy atom. The molecule has 0 bridgehead atoms. The molecule has 0 aromatic carbocycles. The first kappa shape index (κ1) is 8.91. The molecule has 1 aromatic rings. The van der Waals surface area contributed by atoms with Gasteiger partial charge in [-0.05, 0) is 25.5 Å². The van der Waals surface area contributed by atoms with Gasteiger partial charge in [0.05, 0.1) is 5.69 Å². The molecule has 0 saturated carbocycles. The summed E-state index contributed by atoms with van der Waals surface area (Å²) >= 11 is 0. The van der Waals surface area contributed by atoms with Crippen molar-refractivity contribution >= 4 is 6.21 Å². The number of aromatic nitrogens is 1. The Morgan fingerprint density at radius 1 is 1.42 bits per heavy atom. The van der Waals surface area contributed by atoms with Crippen LogP contribution in [0.2, 0.25) is 0 Å². The molecule has 12 heavy (non-hydrogen) atoms. The Hall–Kier alpha value is -1.18. The minimum absolute atomic E-state index is 0.817. The van der Waals surface area contributed by atoms with Crippen LogP contribution < -0.4 is 0 Å². The number of hydrogen-bond acceptors (Lipinski definition) is 2. The lowest BCUT2D eigenvalue weighted by Gasteiger charge is -1.96. The summed E-state index contributed by atoms with van der Waals surface area (Å²) in [6, 6.07) is 6.02. The van der Waals surface area contributed by atoms with Crippen molar-refractivity contribution in [2.24, 2.45) is 4.99 Å². The van der Waals surface area contributed by atoms with Crippen molar-refractivity contribution in [1.82, 2.24) is 4.98 Å². The highest BCUT2D eigenvalue weighted by Gasteiger charge is 1.91. The molecule has 0 atom stereocenters. The Morgan fingerprint density at radius 3 is 2.92 bits per heavy atom. The van der Waals surface area contributed by atoms with Gasteiger partial charge < -0.3 is 0 Å². The lowest BCUT2D eigenvalue weighted by Crippen LogP contribution is -1.92. The van der Waals surface area contributed by atoms with Crippen LogP contribution in [0.3, 0.4) is 0 Å². The Labute approximate surface area is 73.4 Å². The maximum Gasteiger partial charge on any atom is 0.0811 e. The molecule has 2 heteroatoms. The monoisotopic (exact) mass is 162 g/mol. The second-order valence-corrected chi connectivity index (χ2v) is 2.54. The highest BCUT2D eigenvalue weighted by molar-refractivity contribution is 5.76. The summed E-state index contributed by atoms with van der Waals surface area (Å²) in [6.45, 7) is 4.93. The van der Waals surface area contributed by atoms with Crippen LogP contribution in [0.4, 0.5) is 0 Å². The zero-order valence-electron chi connectivity index (χ0n) is 7.62. The molecule has 0 N–H and O–H groups in total. The van der Waals surface area contributed by atoms with Crippen molar-refractivity contribution in [3.8, 4) is 0 Å². The largest absolute Gasteiger partial charge is 0.291 e. The zero-order valence-corrected chi connectivity index (χ0v) is 7.62. The summed E-state index contributed by atoms with van der Waals surface area (Å²) in [4.78, 5) is 8.51. The molecule has 1 aromatic heterocycles. The number of aryl methyl sites for hydroxylation is 1. The summed E-state index contributed by atoms with van der Waals surface area (Å²) < 4.78 is 0. The molecule has 0 spiro atoms. The van der Waals surface area contributed by atoms with Crippen LogP contribution in [-0.2, 0) is 6.42 Å². The molecule has 0 aliphatic carbocycles. The maximum atomic E-state index is 4.38. The van der Waals surface area contributed by atoms with Gasteiger partial charge in [-0.15, -0.1) is 0 Å². The van der Waals surface area contributed by atoms with Crippen molar-refractivity contribution < 1.29 is 0 Å². The molecule has 1 heterocycles. The molecule has 1 rings (SSSR count). The molecule has 0 aliphatic rings. The summed E-state index contributed by atoms with van der Waals surface area (Å²) in [7, 11) is 0. The lowest BCUT2D eigenvalue weighted by molar-refractivity contribution is 1.03. The number of pyridine rings is 1. The van der Waals surface area contributed by atoms with E-state index < -0.39 is 0 Å². The smallest absolute Gasteiger partial charge is 0.0811 e. The van der Waals surface area contributed by atoms with Crippen molar-refractivity contribution in [3.05, 3.63) is 29.6 Å². The molecular formula is C10H14N2. The van der Waals surface area contributed by atoms with Crippen molar-refractivity contribution in [1.29, 1.82) is 0 Å². The summed E-state index contributed by atoms with van der Waals surface area (Å²) in [5, 5.41) is 0. The normalized spacial score (nSPS) is 10.8. The van der Waals surface area contributed by atoms with E-state index in [1.807, 2.05) is 31.3 Å². The van der Waals surface area contributed by atoms with E-state index in [4.69, 9.17) is 0 Å². The molecule has 0 radical (unpaired) electrons. The van der Waals surface area contributed by atoms with E-state index in [2.05, 4.69) is 16.9 Å². The van der Waals surface area contributed by atoms with Crippen LogP contribution in [0.1, 0.15) is 25.2 Å². The van der Waals surface area contributed by atoms with Crippen molar-refractivity contribution in [3.63, 3.8) is 0 Å². The van der Waals surface area contributed by atoms with Crippen LogP contribution >= 0.6 is 0 Å². The van der Waals surface area contributed by atoms with E-state index in [0.29, 0.717) is 0 Å². The third kappa shape index (κ3) is 2.46. The molecule has 0 amide bonds. The van der Waals surface area contributed by atoms with Gasteiger partial charge in [-0.25, -0.2) is 0 Å². The molecular weight excluding hydrogens is 148 g/mol. The average Bonchev–Trinajstić information content (AvgIpc) is 2.15. The second-order valence-electron chi connectivity index (χ2n) is 2.54. The van der Waals surface area contributed by atoms with Gasteiger partial charge in [0.1, 0.15) is 0 Å². The molecule has 2 nitrogen and oxygen atoms in total. The number of hydrogen-bond donors (Lipinski definition) is 0. The topological polar surface area (TPSA) is 25.2 Å². The fraction of sp³-hybridized carbons (Fsp3) is 0.400. The van der Waals surface area contributed by atoms with E-state index in [0.717, 1.165) is 24.4 Å². The van der Waals surface area contributed by atoms with E-state index >= 15 is 0 Å². The molecule has 0 aliphatic heterocycles. The fourth-order valence-corrected chi connectivity index (χ4v) is 0.952. The standard InChI is InChI=1S/C10H14N2/c1-3-9-6-5-7-10(12-9)8-11-4-2/h5-8H,3-4H2,1-2H3/b11-8+. The van der Waals surface area contributed by atoms with Gasteiger partial charge in [0.2, 0.25) is 0 Å². The fourth-order valence-electron chi connectivity index (χ4n) is 0.952. The van der Waals surface area contributed by atoms with Crippen LogP contribution in [0.25, 0.3) is 0 Å². The molecule has 0 unspecified atom stereocenters. The van der Waals surface area contributed by atoms with Gasteiger partial charge in [0.15, 0.2) is 0 Å². The van der Waals surface area contributed by atoms with Gasteiger partial charge >= 0.3 is 0 Å². The molecule has 64 valence electrons. The van der Waals surface area contributed by atoms with E-state index in [1.54, 1.807) is 0 Å². The Kier molecular flexibility index (Phi) is 3.45. The molecule has 0 saturated heterocycles. The van der Waals surface area contributed by atoms with Crippen LogP contribution in [0.5, 0.6) is 0 Å². The van der Waals surface area contributed by atoms with E-state index in [-0.39, 0.29) is 0 Å². The first-order valence-electron chi connectivity index (χ1n) is 4.32. The van der Waals surface area contributed by atoms with Crippen LogP contribution in [0, 0.1) is 0 Å². The van der Waals surface area contributed by atoms with Gasteiger partial charge in [0.25, 0.3) is 0 Å². The predicted octanol–water partition coefficient (Wildman–Crippen LogP) is 2.08. The highest BCUT2D eigenvalue weighted by atomic mass is 14.8. The van der Waals surface area contributed by atoms with Gasteiger partial charge in [-0.1, -0.05) is 13.0 Å². The Balaban J connectivity index is 2.79.